The summed E-state index contributed by atoms with van der Waals surface area (Å²) in [6, 6.07) is 25.6. The number of fused-ring (bicyclic) bond motifs is 1. The van der Waals surface area contributed by atoms with Gasteiger partial charge in [0.2, 0.25) is 5.13 Å². The van der Waals surface area contributed by atoms with Crippen LogP contribution in [0.3, 0.4) is 0 Å². The number of aromatic amines is 1. The number of hydrogen-bond acceptors (Lipinski definition) is 6. The maximum Gasteiger partial charge on any atom is 0.263 e. The van der Waals surface area contributed by atoms with Gasteiger partial charge in [-0.05, 0) is 35.7 Å². The number of benzene rings is 3. The van der Waals surface area contributed by atoms with Crippen molar-refractivity contribution in [1.82, 2.24) is 15.2 Å². The first-order valence-corrected chi connectivity index (χ1v) is 12.4. The molecule has 2 heterocycles. The van der Waals surface area contributed by atoms with Crippen LogP contribution < -0.4 is 10.9 Å². The lowest BCUT2D eigenvalue weighted by Gasteiger charge is -2.12. The van der Waals surface area contributed by atoms with E-state index in [0.717, 1.165) is 40.1 Å². The van der Waals surface area contributed by atoms with E-state index in [1.165, 1.54) is 28.7 Å². The Morgan fingerprint density at radius 3 is 2.52 bits per heavy atom. The van der Waals surface area contributed by atoms with Crippen molar-refractivity contribution in [1.29, 1.82) is 0 Å². The fourth-order valence-corrected chi connectivity index (χ4v) is 5.66. The number of aromatic nitrogens is 3. The number of rotatable bonds is 7. The van der Waals surface area contributed by atoms with Crippen LogP contribution in [-0.2, 0) is 6.42 Å². The molecule has 0 aliphatic heterocycles. The van der Waals surface area contributed by atoms with Crippen LogP contribution in [0.25, 0.3) is 22.0 Å². The summed E-state index contributed by atoms with van der Waals surface area (Å²) in [5.74, 6) is 0. The molecule has 2 aromatic heterocycles. The molecule has 3 aromatic carbocycles. The van der Waals surface area contributed by atoms with Crippen molar-refractivity contribution in [3.8, 4) is 11.1 Å². The molecule has 0 bridgehead atoms. The van der Waals surface area contributed by atoms with Crippen molar-refractivity contribution in [3.05, 3.63) is 99.8 Å². The topological polar surface area (TPSA) is 70.7 Å². The number of pyridine rings is 1. The highest BCUT2D eigenvalue weighted by Crippen LogP contribution is 2.39. The number of anilines is 1. The summed E-state index contributed by atoms with van der Waals surface area (Å²) in [5.41, 5.74) is 3.63. The van der Waals surface area contributed by atoms with Gasteiger partial charge in [0.25, 0.3) is 5.56 Å². The predicted molar refractivity (Wildman–Crippen MR) is 138 cm³/mol. The minimum absolute atomic E-state index is 0.164. The van der Waals surface area contributed by atoms with E-state index in [-0.39, 0.29) is 5.56 Å². The molecule has 5 aromatic rings. The third kappa shape index (κ3) is 4.95. The molecule has 0 aliphatic carbocycles. The molecule has 0 fully saturated rings. The largest absolute Gasteiger partial charge is 0.360 e. The Morgan fingerprint density at radius 2 is 1.73 bits per heavy atom. The Hall–Kier alpha value is -3.13. The highest BCUT2D eigenvalue weighted by Gasteiger charge is 2.18. The van der Waals surface area contributed by atoms with Gasteiger partial charge in [0.1, 0.15) is 0 Å². The molecule has 8 heteroatoms. The lowest BCUT2D eigenvalue weighted by atomic mass is 10.0. The maximum absolute atomic E-state index is 13.1. The van der Waals surface area contributed by atoms with E-state index in [1.807, 2.05) is 60.7 Å². The van der Waals surface area contributed by atoms with Crippen molar-refractivity contribution in [2.45, 2.75) is 15.7 Å². The molecule has 0 radical (unpaired) electrons. The van der Waals surface area contributed by atoms with Gasteiger partial charge in [0, 0.05) is 28.0 Å². The minimum atomic E-state index is -0.164. The normalized spacial score (nSPS) is 11.1. The second kappa shape index (κ2) is 9.79. The molecule has 0 amide bonds. The summed E-state index contributed by atoms with van der Waals surface area (Å²) in [6.07, 6.45) is 0.895. The van der Waals surface area contributed by atoms with Crippen LogP contribution in [-0.4, -0.2) is 21.7 Å². The van der Waals surface area contributed by atoms with Crippen LogP contribution in [0.4, 0.5) is 5.13 Å². The molecule has 5 nitrogen and oxygen atoms in total. The van der Waals surface area contributed by atoms with Crippen molar-refractivity contribution in [2.24, 2.45) is 0 Å². The number of hydrogen-bond donors (Lipinski definition) is 2. The third-order valence-corrected chi connectivity index (χ3v) is 7.38. The van der Waals surface area contributed by atoms with Crippen LogP contribution in [0, 0.1) is 0 Å². The molecule has 0 saturated carbocycles. The average molecular weight is 491 g/mol. The van der Waals surface area contributed by atoms with Gasteiger partial charge < -0.3 is 10.3 Å². The maximum atomic E-state index is 13.1. The van der Waals surface area contributed by atoms with Crippen LogP contribution in [0.2, 0.25) is 5.02 Å². The van der Waals surface area contributed by atoms with E-state index in [2.05, 4.69) is 32.6 Å². The van der Waals surface area contributed by atoms with Crippen LogP contribution in [0.15, 0.2) is 92.9 Å². The number of halogens is 1. The quantitative estimate of drug-likeness (QED) is 0.272. The lowest BCUT2D eigenvalue weighted by Crippen LogP contribution is -2.10. The molecule has 0 spiro atoms. The molecule has 2 N–H and O–H groups in total. The average Bonchev–Trinajstić information content (AvgIpc) is 3.28. The van der Waals surface area contributed by atoms with Gasteiger partial charge in [-0.3, -0.25) is 4.79 Å². The van der Waals surface area contributed by atoms with E-state index >= 15 is 0 Å². The molecule has 33 heavy (non-hydrogen) atoms. The first-order chi connectivity index (χ1) is 16.2. The highest BCUT2D eigenvalue weighted by atomic mass is 35.5. The van der Waals surface area contributed by atoms with Gasteiger partial charge in [0.15, 0.2) is 4.34 Å². The molecule has 5 rings (SSSR count). The Balaban J connectivity index is 1.45. The monoisotopic (exact) mass is 490 g/mol. The van der Waals surface area contributed by atoms with Crippen LogP contribution in [0.1, 0.15) is 5.56 Å². The number of H-pyrrole nitrogens is 1. The summed E-state index contributed by atoms with van der Waals surface area (Å²) in [5, 5.41) is 14.1. The summed E-state index contributed by atoms with van der Waals surface area (Å²) in [6.45, 7) is 0.758. The van der Waals surface area contributed by atoms with Crippen molar-refractivity contribution < 1.29 is 0 Å². The first kappa shape index (κ1) is 21.7. The number of nitrogens with one attached hydrogen (secondary N) is 2. The van der Waals surface area contributed by atoms with Crippen molar-refractivity contribution in [3.63, 3.8) is 0 Å². The van der Waals surface area contributed by atoms with Crippen LogP contribution >= 0.6 is 34.7 Å². The first-order valence-electron chi connectivity index (χ1n) is 10.4. The smallest absolute Gasteiger partial charge is 0.263 e. The summed E-state index contributed by atoms with van der Waals surface area (Å²) in [7, 11) is 0. The van der Waals surface area contributed by atoms with Gasteiger partial charge in [-0.1, -0.05) is 95.4 Å². The molecule has 0 saturated heterocycles. The van der Waals surface area contributed by atoms with E-state index in [9.17, 15) is 4.79 Å². The Bertz CT molecular complexity index is 1450. The number of nitrogens with zero attached hydrogens (tertiary/aromatic N) is 2. The summed E-state index contributed by atoms with van der Waals surface area (Å²) < 4.78 is 0.696. The molecule has 0 atom stereocenters. The van der Waals surface area contributed by atoms with E-state index in [1.54, 1.807) is 6.07 Å². The van der Waals surface area contributed by atoms with Crippen molar-refractivity contribution >= 4 is 50.7 Å². The zero-order chi connectivity index (χ0) is 22.6. The van der Waals surface area contributed by atoms with Gasteiger partial charge >= 0.3 is 0 Å². The standard InChI is InChI=1S/C25H19ClN4OS2/c26-18-11-12-20-19(15-18)21(17-9-5-2-6-10-17)22(23(31)28-20)32-25-30-29-24(33-25)27-14-13-16-7-3-1-4-8-16/h1-12,15H,13-14H2,(H,27,29)(H,28,31). The Labute approximate surface area is 203 Å². The Kier molecular flexibility index (Phi) is 6.44. The highest BCUT2D eigenvalue weighted by molar-refractivity contribution is 8.01. The van der Waals surface area contributed by atoms with E-state index < -0.39 is 0 Å². The van der Waals surface area contributed by atoms with Crippen LogP contribution in [0.5, 0.6) is 0 Å². The summed E-state index contributed by atoms with van der Waals surface area (Å²) >= 11 is 9.06. The van der Waals surface area contributed by atoms with Crippen molar-refractivity contribution in [2.75, 3.05) is 11.9 Å². The zero-order valence-corrected chi connectivity index (χ0v) is 19.8. The van der Waals surface area contributed by atoms with E-state index in [4.69, 9.17) is 11.6 Å². The van der Waals surface area contributed by atoms with Gasteiger partial charge in [-0.15, -0.1) is 10.2 Å². The fraction of sp³-hybridized carbons (Fsp3) is 0.0800. The fourth-order valence-electron chi connectivity index (χ4n) is 3.60. The third-order valence-electron chi connectivity index (χ3n) is 5.12. The zero-order valence-electron chi connectivity index (χ0n) is 17.4. The van der Waals surface area contributed by atoms with Gasteiger partial charge in [-0.25, -0.2) is 0 Å². The molecule has 0 aliphatic rings. The Morgan fingerprint density at radius 1 is 0.970 bits per heavy atom. The summed E-state index contributed by atoms with van der Waals surface area (Å²) in [4.78, 5) is 16.6. The van der Waals surface area contributed by atoms with Gasteiger partial charge in [0.05, 0.1) is 4.90 Å². The van der Waals surface area contributed by atoms with Gasteiger partial charge in [-0.2, -0.15) is 0 Å². The second-order valence-corrected chi connectivity index (χ2v) is 10.0. The molecular formula is C25H19ClN4OS2. The lowest BCUT2D eigenvalue weighted by molar-refractivity contribution is 0.972. The molecular weight excluding hydrogens is 472 g/mol. The predicted octanol–water partition coefficient (Wildman–Crippen LogP) is 6.51. The second-order valence-electron chi connectivity index (χ2n) is 7.35. The SMILES string of the molecule is O=c1[nH]c2ccc(Cl)cc2c(-c2ccccc2)c1Sc1nnc(NCCc2ccccc2)s1. The molecule has 164 valence electrons. The minimum Gasteiger partial charge on any atom is -0.360 e. The van der Waals surface area contributed by atoms with E-state index in [0.29, 0.717) is 14.3 Å². The molecule has 0 unspecified atom stereocenters.